The molecule has 0 fully saturated rings. The molecule has 0 saturated heterocycles. The van der Waals surface area contributed by atoms with Crippen molar-refractivity contribution in [1.82, 2.24) is 4.98 Å². The molecule has 0 aliphatic carbocycles. The molecule has 96 valence electrons. The molecular weight excluding hydrogens is 247 g/mol. The van der Waals surface area contributed by atoms with Crippen LogP contribution in [0.2, 0.25) is 0 Å². The fourth-order valence-corrected chi connectivity index (χ4v) is 3.01. The highest BCUT2D eigenvalue weighted by atomic mass is 32.1. The summed E-state index contributed by atoms with van der Waals surface area (Å²) in [7, 11) is 0. The van der Waals surface area contributed by atoms with Crippen LogP contribution < -0.4 is 5.32 Å². The van der Waals surface area contributed by atoms with Crippen LogP contribution in [0.5, 0.6) is 0 Å². The Labute approximate surface area is 111 Å². The molecule has 2 nitrogen and oxygen atoms in total. The third kappa shape index (κ3) is 2.88. The predicted molar refractivity (Wildman–Crippen MR) is 74.8 cm³/mol. The second-order valence-electron chi connectivity index (χ2n) is 4.57. The molecular formula is C14H17FN2S. The summed E-state index contributed by atoms with van der Waals surface area (Å²) in [5.74, 6) is -0.207. The van der Waals surface area contributed by atoms with Crippen LogP contribution in [0.4, 0.5) is 10.1 Å². The molecule has 1 heterocycles. The summed E-state index contributed by atoms with van der Waals surface area (Å²) < 4.78 is 13.3. The van der Waals surface area contributed by atoms with Crippen LogP contribution in [0, 0.1) is 26.6 Å². The van der Waals surface area contributed by atoms with Crippen molar-refractivity contribution in [2.75, 3.05) is 5.32 Å². The number of anilines is 1. The summed E-state index contributed by atoms with van der Waals surface area (Å²) in [6.45, 7) is 7.97. The first-order valence-corrected chi connectivity index (χ1v) is 6.75. The molecule has 2 aromatic rings. The molecule has 0 bridgehead atoms. The Bertz CT molecular complexity index is 543. The zero-order valence-corrected chi connectivity index (χ0v) is 11.9. The lowest BCUT2D eigenvalue weighted by Gasteiger charge is -2.15. The summed E-state index contributed by atoms with van der Waals surface area (Å²) in [6.07, 6.45) is 0. The zero-order valence-electron chi connectivity index (χ0n) is 11.0. The molecule has 0 aliphatic rings. The van der Waals surface area contributed by atoms with Crippen LogP contribution in [0.25, 0.3) is 0 Å². The number of rotatable bonds is 3. The van der Waals surface area contributed by atoms with E-state index in [0.29, 0.717) is 0 Å². The first kappa shape index (κ1) is 13.0. The molecule has 0 saturated carbocycles. The largest absolute Gasteiger partial charge is 0.378 e. The average Bonchev–Trinajstić information content (AvgIpc) is 2.56. The molecule has 1 unspecified atom stereocenters. The van der Waals surface area contributed by atoms with E-state index in [9.17, 15) is 4.39 Å². The van der Waals surface area contributed by atoms with E-state index < -0.39 is 0 Å². The summed E-state index contributed by atoms with van der Waals surface area (Å²) in [6, 6.07) is 5.13. The summed E-state index contributed by atoms with van der Waals surface area (Å²) in [5, 5.41) is 4.39. The van der Waals surface area contributed by atoms with Gasteiger partial charge in [0.1, 0.15) is 5.82 Å². The summed E-state index contributed by atoms with van der Waals surface area (Å²) in [5.41, 5.74) is 2.78. The van der Waals surface area contributed by atoms with Gasteiger partial charge >= 0.3 is 0 Å². The van der Waals surface area contributed by atoms with Crippen molar-refractivity contribution in [3.05, 3.63) is 45.2 Å². The highest BCUT2D eigenvalue weighted by Crippen LogP contribution is 2.28. The first-order valence-electron chi connectivity index (χ1n) is 5.93. The first-order chi connectivity index (χ1) is 8.45. The molecule has 1 aromatic heterocycles. The molecule has 1 aromatic carbocycles. The second kappa shape index (κ2) is 5.06. The van der Waals surface area contributed by atoms with Gasteiger partial charge < -0.3 is 5.32 Å². The van der Waals surface area contributed by atoms with E-state index in [2.05, 4.69) is 17.2 Å². The van der Waals surface area contributed by atoms with Gasteiger partial charge in [-0.25, -0.2) is 9.37 Å². The quantitative estimate of drug-likeness (QED) is 0.889. The molecule has 0 spiro atoms. The Balaban J connectivity index is 2.20. The van der Waals surface area contributed by atoms with Crippen molar-refractivity contribution in [2.24, 2.45) is 0 Å². The van der Waals surface area contributed by atoms with E-state index in [1.165, 1.54) is 17.0 Å². The summed E-state index contributed by atoms with van der Waals surface area (Å²) in [4.78, 5) is 5.62. The lowest BCUT2D eigenvalue weighted by atomic mass is 10.2. The maximum absolute atomic E-state index is 13.3. The highest BCUT2D eigenvalue weighted by molar-refractivity contribution is 7.11. The van der Waals surface area contributed by atoms with Crippen molar-refractivity contribution in [3.8, 4) is 0 Å². The van der Waals surface area contributed by atoms with Crippen LogP contribution >= 0.6 is 11.3 Å². The maximum atomic E-state index is 13.3. The normalized spacial score (nSPS) is 12.5. The van der Waals surface area contributed by atoms with Gasteiger partial charge in [0.2, 0.25) is 0 Å². The van der Waals surface area contributed by atoms with Gasteiger partial charge in [0, 0.05) is 10.6 Å². The van der Waals surface area contributed by atoms with Crippen molar-refractivity contribution in [3.63, 3.8) is 0 Å². The van der Waals surface area contributed by atoms with Crippen molar-refractivity contribution >= 4 is 17.0 Å². The van der Waals surface area contributed by atoms with Crippen LogP contribution in [0.1, 0.15) is 34.1 Å². The number of hydrogen-bond acceptors (Lipinski definition) is 3. The second-order valence-corrected chi connectivity index (χ2v) is 5.80. The third-order valence-corrected chi connectivity index (χ3v) is 4.01. The lowest BCUT2D eigenvalue weighted by Crippen LogP contribution is -2.06. The fourth-order valence-electron chi connectivity index (χ4n) is 2.08. The smallest absolute Gasteiger partial charge is 0.125 e. The number of nitrogens with zero attached hydrogens (tertiary/aromatic N) is 1. The van der Waals surface area contributed by atoms with E-state index in [4.69, 9.17) is 0 Å². The average molecular weight is 264 g/mol. The van der Waals surface area contributed by atoms with E-state index in [0.717, 1.165) is 22.0 Å². The Hall–Kier alpha value is -1.42. The van der Waals surface area contributed by atoms with Crippen LogP contribution in [-0.4, -0.2) is 4.98 Å². The molecule has 0 radical (unpaired) electrons. The zero-order chi connectivity index (χ0) is 13.3. The van der Waals surface area contributed by atoms with E-state index in [-0.39, 0.29) is 11.9 Å². The van der Waals surface area contributed by atoms with E-state index in [1.807, 2.05) is 26.8 Å². The number of benzene rings is 1. The molecule has 18 heavy (non-hydrogen) atoms. The minimum atomic E-state index is -0.207. The molecule has 2 rings (SSSR count). The minimum absolute atomic E-state index is 0.136. The van der Waals surface area contributed by atoms with Gasteiger partial charge in [-0.3, -0.25) is 0 Å². The van der Waals surface area contributed by atoms with Gasteiger partial charge in [0.15, 0.2) is 0 Å². The van der Waals surface area contributed by atoms with Gasteiger partial charge in [-0.1, -0.05) is 0 Å². The molecule has 0 aliphatic heterocycles. The standard InChI is InChI=1S/C14H17FN2S/c1-8-5-12(15)7-13(6-8)17-10(3)14-9(2)16-11(4)18-14/h5-7,10,17H,1-4H3. The minimum Gasteiger partial charge on any atom is -0.378 e. The Morgan fingerprint density at radius 3 is 2.50 bits per heavy atom. The third-order valence-electron chi connectivity index (χ3n) is 2.76. The van der Waals surface area contributed by atoms with Gasteiger partial charge in [-0.05, 0) is 51.5 Å². The number of nitrogens with one attached hydrogen (secondary N) is 1. The van der Waals surface area contributed by atoms with Crippen LogP contribution in [-0.2, 0) is 0 Å². The Kier molecular flexibility index (Phi) is 3.66. The number of halogens is 1. The van der Waals surface area contributed by atoms with Gasteiger partial charge in [-0.2, -0.15) is 0 Å². The molecule has 1 N–H and O–H groups in total. The number of aryl methyl sites for hydroxylation is 3. The molecule has 1 atom stereocenters. The van der Waals surface area contributed by atoms with Crippen molar-refractivity contribution in [2.45, 2.75) is 33.7 Å². The predicted octanol–water partition coefficient (Wildman–Crippen LogP) is 4.38. The monoisotopic (exact) mass is 264 g/mol. The van der Waals surface area contributed by atoms with Crippen LogP contribution in [0.3, 0.4) is 0 Å². The van der Waals surface area contributed by atoms with Gasteiger partial charge in [0.25, 0.3) is 0 Å². The number of thiazole rings is 1. The lowest BCUT2D eigenvalue weighted by molar-refractivity contribution is 0.626. The van der Waals surface area contributed by atoms with Crippen molar-refractivity contribution in [1.29, 1.82) is 0 Å². The van der Waals surface area contributed by atoms with Crippen molar-refractivity contribution < 1.29 is 4.39 Å². The van der Waals surface area contributed by atoms with Gasteiger partial charge in [0.05, 0.1) is 16.7 Å². The number of aromatic nitrogens is 1. The number of hydrogen-bond donors (Lipinski definition) is 1. The topological polar surface area (TPSA) is 24.9 Å². The Morgan fingerprint density at radius 1 is 1.22 bits per heavy atom. The maximum Gasteiger partial charge on any atom is 0.125 e. The molecule has 0 amide bonds. The van der Waals surface area contributed by atoms with Crippen LogP contribution in [0.15, 0.2) is 18.2 Å². The van der Waals surface area contributed by atoms with Gasteiger partial charge in [-0.15, -0.1) is 11.3 Å². The molecule has 4 heteroatoms. The highest BCUT2D eigenvalue weighted by Gasteiger charge is 2.13. The SMILES string of the molecule is Cc1cc(F)cc(NC(C)c2sc(C)nc2C)c1. The fraction of sp³-hybridized carbons (Fsp3) is 0.357. The van der Waals surface area contributed by atoms with E-state index in [1.54, 1.807) is 11.3 Å². The Morgan fingerprint density at radius 2 is 1.94 bits per heavy atom. The van der Waals surface area contributed by atoms with E-state index >= 15 is 0 Å². The summed E-state index contributed by atoms with van der Waals surface area (Å²) >= 11 is 1.68.